The number of esters is 1. The molecule has 4 rings (SSSR count). The fourth-order valence-corrected chi connectivity index (χ4v) is 4.68. The van der Waals surface area contributed by atoms with Gasteiger partial charge >= 0.3 is 12.1 Å². The highest BCUT2D eigenvalue weighted by Crippen LogP contribution is 2.27. The Hall–Kier alpha value is -4.73. The summed E-state index contributed by atoms with van der Waals surface area (Å²) in [6, 6.07) is 9.88. The van der Waals surface area contributed by atoms with Crippen molar-refractivity contribution in [2.45, 2.75) is 37.0 Å². The lowest BCUT2D eigenvalue weighted by Gasteiger charge is -2.39. The molecule has 15 nitrogen and oxygen atoms in total. The molecule has 0 aromatic heterocycles. The molecule has 216 valence electrons. The molecule has 41 heavy (non-hydrogen) atoms. The maximum absolute atomic E-state index is 13.1. The zero-order valence-corrected chi connectivity index (χ0v) is 22.4. The number of amidine groups is 1. The van der Waals surface area contributed by atoms with E-state index in [1.54, 1.807) is 0 Å². The molecule has 2 atom stereocenters. The predicted octanol–water partition coefficient (Wildman–Crippen LogP) is 1.82. The Bertz CT molecular complexity index is 1360. The fraction of sp³-hybridized carbons (Fsp3) is 0.360. The second-order valence-electron chi connectivity index (χ2n) is 9.45. The maximum Gasteiger partial charge on any atom is 0.410 e. The van der Waals surface area contributed by atoms with Gasteiger partial charge in [0.2, 0.25) is 11.7 Å². The standard InChI is InChI=1S/C25H26N6O9S/c26-22(24(33)39-13-15-1-5-18(6-2-15)30(35)36)27-17-10-28(11-17)23(32)21-9-20(41)12-29(21)25(34)40-14-16-3-7-19(8-4-16)31(37)38/h1-8,17,20-21,41H,9-14H2,(H2,26,27)/t20-,21-/m0/s1. The molecule has 2 aliphatic heterocycles. The number of hydrogen-bond acceptors (Lipinski definition) is 11. The summed E-state index contributed by atoms with van der Waals surface area (Å²) in [7, 11) is 0. The van der Waals surface area contributed by atoms with Crippen LogP contribution in [0.2, 0.25) is 0 Å². The van der Waals surface area contributed by atoms with E-state index in [2.05, 4.69) is 17.6 Å². The first kappa shape index (κ1) is 29.3. The van der Waals surface area contributed by atoms with Crippen LogP contribution >= 0.6 is 12.6 Å². The SMILES string of the molecule is NC(=NC1CN(C(=O)[C@@H]2C[C@H](S)CN2C(=O)OCc2ccc([N+](=O)[O-])cc2)C1)C(=O)OCc1ccc([N+](=O)[O-])cc1. The molecule has 0 radical (unpaired) electrons. The molecule has 2 fully saturated rings. The van der Waals surface area contributed by atoms with Crippen LogP contribution in [0.4, 0.5) is 16.2 Å². The van der Waals surface area contributed by atoms with Crippen molar-refractivity contribution >= 4 is 47.8 Å². The molecule has 0 bridgehead atoms. The van der Waals surface area contributed by atoms with E-state index in [-0.39, 0.29) is 61.2 Å². The van der Waals surface area contributed by atoms with Gasteiger partial charge in [0, 0.05) is 49.1 Å². The Morgan fingerprint density at radius 1 is 0.902 bits per heavy atom. The lowest BCUT2D eigenvalue weighted by Crippen LogP contribution is -2.58. The number of carbonyl (C=O) groups excluding carboxylic acids is 3. The van der Waals surface area contributed by atoms with Crippen LogP contribution in [-0.4, -0.2) is 80.4 Å². The largest absolute Gasteiger partial charge is 0.455 e. The van der Waals surface area contributed by atoms with Crippen molar-refractivity contribution in [3.63, 3.8) is 0 Å². The number of amides is 2. The quantitative estimate of drug-likeness (QED) is 0.115. The highest BCUT2D eigenvalue weighted by Gasteiger charge is 2.44. The number of nitro groups is 2. The number of nitrogens with two attached hydrogens (primary N) is 1. The molecule has 0 saturated carbocycles. The molecule has 2 N–H and O–H groups in total. The van der Waals surface area contributed by atoms with Gasteiger partial charge in [0.05, 0.1) is 15.9 Å². The average Bonchev–Trinajstić information content (AvgIpc) is 3.33. The number of hydrogen-bond donors (Lipinski definition) is 2. The Morgan fingerprint density at radius 3 is 1.93 bits per heavy atom. The summed E-state index contributed by atoms with van der Waals surface area (Å²) in [5, 5.41) is 21.3. The molecule has 2 saturated heterocycles. The Morgan fingerprint density at radius 2 is 1.41 bits per heavy atom. The van der Waals surface area contributed by atoms with E-state index in [0.717, 1.165) is 0 Å². The van der Waals surface area contributed by atoms with Crippen LogP contribution in [0, 0.1) is 20.2 Å². The number of carbonyl (C=O) groups is 3. The smallest absolute Gasteiger partial charge is 0.410 e. The number of aliphatic imine (C=N–C) groups is 1. The van der Waals surface area contributed by atoms with Gasteiger partial charge in [0.25, 0.3) is 11.4 Å². The Kier molecular flexibility index (Phi) is 9.01. The summed E-state index contributed by atoms with van der Waals surface area (Å²) >= 11 is 4.43. The van der Waals surface area contributed by atoms with Crippen LogP contribution < -0.4 is 5.73 Å². The third-order valence-electron chi connectivity index (χ3n) is 6.53. The highest BCUT2D eigenvalue weighted by molar-refractivity contribution is 7.81. The molecule has 2 aromatic rings. The van der Waals surface area contributed by atoms with E-state index in [1.807, 2.05) is 0 Å². The van der Waals surface area contributed by atoms with Crippen molar-refractivity contribution in [1.82, 2.24) is 9.80 Å². The second-order valence-corrected chi connectivity index (χ2v) is 10.2. The van der Waals surface area contributed by atoms with Gasteiger partial charge in [-0.05, 0) is 41.8 Å². The highest BCUT2D eigenvalue weighted by atomic mass is 32.1. The van der Waals surface area contributed by atoms with Crippen molar-refractivity contribution < 1.29 is 33.7 Å². The monoisotopic (exact) mass is 586 g/mol. The lowest BCUT2D eigenvalue weighted by atomic mass is 10.1. The molecule has 2 heterocycles. The van der Waals surface area contributed by atoms with Gasteiger partial charge in [-0.1, -0.05) is 0 Å². The Balaban J connectivity index is 1.25. The second kappa shape index (κ2) is 12.6. The number of ether oxygens (including phenoxy) is 2. The van der Waals surface area contributed by atoms with E-state index < -0.39 is 34.0 Å². The Labute approximate surface area is 238 Å². The molecule has 0 spiro atoms. The third kappa shape index (κ3) is 7.27. The van der Waals surface area contributed by atoms with Crippen molar-refractivity contribution in [3.05, 3.63) is 79.9 Å². The molecular weight excluding hydrogens is 560 g/mol. The van der Waals surface area contributed by atoms with E-state index in [9.17, 15) is 34.6 Å². The van der Waals surface area contributed by atoms with Gasteiger partial charge in [0.1, 0.15) is 19.3 Å². The number of nitro benzene ring substituents is 2. The minimum Gasteiger partial charge on any atom is -0.455 e. The van der Waals surface area contributed by atoms with Gasteiger partial charge in [-0.3, -0.25) is 34.9 Å². The molecule has 2 aliphatic rings. The van der Waals surface area contributed by atoms with Crippen LogP contribution in [0.3, 0.4) is 0 Å². The van der Waals surface area contributed by atoms with Crippen molar-refractivity contribution in [1.29, 1.82) is 0 Å². The van der Waals surface area contributed by atoms with Gasteiger partial charge < -0.3 is 20.1 Å². The van der Waals surface area contributed by atoms with Crippen LogP contribution in [-0.2, 0) is 32.3 Å². The number of benzene rings is 2. The van der Waals surface area contributed by atoms with Crippen LogP contribution in [0.5, 0.6) is 0 Å². The fourth-order valence-electron chi connectivity index (χ4n) is 4.31. The normalized spacial score (nSPS) is 18.9. The van der Waals surface area contributed by atoms with Crippen molar-refractivity contribution in [2.24, 2.45) is 10.7 Å². The maximum atomic E-state index is 13.1. The average molecular weight is 587 g/mol. The van der Waals surface area contributed by atoms with E-state index in [0.29, 0.717) is 17.5 Å². The number of non-ortho nitro benzene ring substituents is 2. The summed E-state index contributed by atoms with van der Waals surface area (Å²) < 4.78 is 10.4. The molecule has 2 amide bonds. The van der Waals surface area contributed by atoms with Crippen LogP contribution in [0.25, 0.3) is 0 Å². The van der Waals surface area contributed by atoms with Gasteiger partial charge in [-0.2, -0.15) is 12.6 Å². The van der Waals surface area contributed by atoms with Crippen molar-refractivity contribution in [2.75, 3.05) is 19.6 Å². The minimum absolute atomic E-state index is 0.0821. The van der Waals surface area contributed by atoms with Gasteiger partial charge in [-0.25, -0.2) is 9.59 Å². The lowest BCUT2D eigenvalue weighted by molar-refractivity contribution is -0.385. The van der Waals surface area contributed by atoms with E-state index in [1.165, 1.54) is 58.3 Å². The third-order valence-corrected chi connectivity index (χ3v) is 6.90. The summed E-state index contributed by atoms with van der Waals surface area (Å²) in [6.45, 7) is 0.321. The van der Waals surface area contributed by atoms with E-state index >= 15 is 0 Å². The number of thiol groups is 1. The molecular formula is C25H26N6O9S. The van der Waals surface area contributed by atoms with Gasteiger partial charge in [-0.15, -0.1) is 0 Å². The number of rotatable bonds is 8. The molecule has 0 unspecified atom stereocenters. The first-order valence-corrected chi connectivity index (χ1v) is 12.9. The summed E-state index contributed by atoms with van der Waals surface area (Å²) in [4.78, 5) is 65.4. The number of nitrogens with zero attached hydrogens (tertiary/aromatic N) is 5. The first-order chi connectivity index (χ1) is 19.5. The summed E-state index contributed by atoms with van der Waals surface area (Å²) in [5.74, 6) is -1.53. The zero-order chi connectivity index (χ0) is 29.7. The van der Waals surface area contributed by atoms with Crippen LogP contribution in [0.1, 0.15) is 17.5 Å². The molecule has 0 aliphatic carbocycles. The summed E-state index contributed by atoms with van der Waals surface area (Å²) in [5.41, 5.74) is 6.67. The summed E-state index contributed by atoms with van der Waals surface area (Å²) in [6.07, 6.45) is -0.371. The zero-order valence-electron chi connectivity index (χ0n) is 21.5. The topological polar surface area (TPSA) is 201 Å². The molecule has 2 aromatic carbocycles. The van der Waals surface area contributed by atoms with Crippen molar-refractivity contribution in [3.8, 4) is 0 Å². The molecule has 16 heteroatoms. The minimum atomic E-state index is -0.858. The predicted molar refractivity (Wildman–Crippen MR) is 146 cm³/mol. The number of likely N-dealkylation sites (tertiary alicyclic amines) is 2. The van der Waals surface area contributed by atoms with E-state index in [4.69, 9.17) is 15.2 Å². The van der Waals surface area contributed by atoms with Crippen LogP contribution in [0.15, 0.2) is 53.5 Å². The first-order valence-electron chi connectivity index (χ1n) is 12.4. The van der Waals surface area contributed by atoms with Gasteiger partial charge in [0.15, 0.2) is 0 Å².